The van der Waals surface area contributed by atoms with E-state index < -0.39 is 0 Å². The smallest absolute Gasteiger partial charge is 0.231 e. The van der Waals surface area contributed by atoms with Gasteiger partial charge in [0.1, 0.15) is 11.8 Å². The van der Waals surface area contributed by atoms with Gasteiger partial charge in [0.05, 0.1) is 23.4 Å². The Morgan fingerprint density at radius 1 is 1.19 bits per heavy atom. The van der Waals surface area contributed by atoms with Crippen LogP contribution in [0.1, 0.15) is 18.1 Å². The molecule has 1 N–H and O–H groups in total. The van der Waals surface area contributed by atoms with Crippen LogP contribution >= 0.6 is 12.4 Å². The van der Waals surface area contributed by atoms with Gasteiger partial charge in [0.15, 0.2) is 11.5 Å². The highest BCUT2D eigenvalue weighted by Crippen LogP contribution is 2.33. The van der Waals surface area contributed by atoms with Crippen molar-refractivity contribution < 1.29 is 14.2 Å². The highest BCUT2D eigenvalue weighted by Gasteiger charge is 2.14. The highest BCUT2D eigenvalue weighted by molar-refractivity contribution is 5.94. The largest absolute Gasteiger partial charge is 0.494 e. The lowest BCUT2D eigenvalue weighted by Gasteiger charge is -2.13. The number of pyridine rings is 1. The van der Waals surface area contributed by atoms with Crippen molar-refractivity contribution in [1.82, 2.24) is 4.98 Å². The minimum Gasteiger partial charge on any atom is -0.494 e. The number of ether oxygens (including phenoxy) is 3. The van der Waals surface area contributed by atoms with Gasteiger partial charge in [-0.25, -0.2) is 0 Å². The predicted molar refractivity (Wildman–Crippen MR) is 105 cm³/mol. The van der Waals surface area contributed by atoms with E-state index in [-0.39, 0.29) is 19.2 Å². The summed E-state index contributed by atoms with van der Waals surface area (Å²) < 4.78 is 16.3. The Bertz CT molecular complexity index is 1020. The molecule has 1 aliphatic heterocycles. The van der Waals surface area contributed by atoms with Crippen molar-refractivity contribution in [1.29, 1.82) is 5.26 Å². The quantitative estimate of drug-likeness (QED) is 0.709. The van der Waals surface area contributed by atoms with E-state index in [0.29, 0.717) is 18.7 Å². The Kier molecular flexibility index (Phi) is 5.53. The van der Waals surface area contributed by atoms with E-state index in [1.807, 2.05) is 43.3 Å². The fourth-order valence-corrected chi connectivity index (χ4v) is 2.94. The topological polar surface area (TPSA) is 76.4 Å². The van der Waals surface area contributed by atoms with Crippen LogP contribution in [0.3, 0.4) is 0 Å². The first-order valence-corrected chi connectivity index (χ1v) is 8.36. The van der Waals surface area contributed by atoms with Gasteiger partial charge in [-0.05, 0) is 42.8 Å². The molecule has 0 aliphatic carbocycles. The zero-order chi connectivity index (χ0) is 17.9. The summed E-state index contributed by atoms with van der Waals surface area (Å²) in [5, 5.41) is 13.7. The summed E-state index contributed by atoms with van der Waals surface area (Å²) in [4.78, 5) is 4.36. The Labute approximate surface area is 163 Å². The molecule has 6 nitrogen and oxygen atoms in total. The van der Waals surface area contributed by atoms with Crippen LogP contribution in [0.2, 0.25) is 0 Å². The van der Waals surface area contributed by atoms with Crippen molar-refractivity contribution >= 4 is 29.0 Å². The van der Waals surface area contributed by atoms with Crippen LogP contribution in [0.15, 0.2) is 42.6 Å². The summed E-state index contributed by atoms with van der Waals surface area (Å²) in [5.74, 6) is 2.24. The summed E-state index contributed by atoms with van der Waals surface area (Å²) in [7, 11) is 0. The standard InChI is InChI=1S/C20H17N3O3.ClH/c1-2-24-15-4-5-17-16(8-15)20(14(9-21)11-22-17)23-10-13-3-6-18-19(7-13)26-12-25-18;/h3-8,11H,2,10,12H2,1H3,(H,22,23);1H. The van der Waals surface area contributed by atoms with Crippen molar-refractivity contribution in [3.8, 4) is 23.3 Å². The molecule has 0 saturated heterocycles. The molecular weight excluding hydrogens is 366 g/mol. The molecule has 0 unspecified atom stereocenters. The third-order valence-electron chi connectivity index (χ3n) is 4.18. The molecule has 4 rings (SSSR count). The number of hydrogen-bond acceptors (Lipinski definition) is 6. The van der Waals surface area contributed by atoms with Crippen LogP contribution in [0.25, 0.3) is 10.9 Å². The van der Waals surface area contributed by atoms with Gasteiger partial charge >= 0.3 is 0 Å². The van der Waals surface area contributed by atoms with Gasteiger partial charge in [-0.15, -0.1) is 12.4 Å². The normalized spacial score (nSPS) is 11.6. The monoisotopic (exact) mass is 383 g/mol. The lowest BCUT2D eigenvalue weighted by Crippen LogP contribution is -2.03. The third kappa shape index (κ3) is 3.69. The number of aromatic nitrogens is 1. The van der Waals surface area contributed by atoms with Crippen molar-refractivity contribution in [2.24, 2.45) is 0 Å². The number of nitrogens with one attached hydrogen (secondary N) is 1. The minimum absolute atomic E-state index is 0. The summed E-state index contributed by atoms with van der Waals surface area (Å²) >= 11 is 0. The van der Waals surface area contributed by atoms with E-state index in [4.69, 9.17) is 14.2 Å². The number of hydrogen-bond donors (Lipinski definition) is 1. The number of nitrogens with zero attached hydrogens (tertiary/aromatic N) is 2. The first-order valence-electron chi connectivity index (χ1n) is 8.36. The van der Waals surface area contributed by atoms with Crippen molar-refractivity contribution in [2.45, 2.75) is 13.5 Å². The number of benzene rings is 2. The molecule has 1 aromatic heterocycles. The second kappa shape index (κ2) is 8.02. The van der Waals surface area contributed by atoms with Crippen LogP contribution in [0.5, 0.6) is 17.2 Å². The molecule has 7 heteroatoms. The molecule has 0 atom stereocenters. The molecule has 1 aliphatic rings. The fraction of sp³-hybridized carbons (Fsp3) is 0.200. The maximum absolute atomic E-state index is 9.48. The molecule has 138 valence electrons. The SMILES string of the molecule is CCOc1ccc2ncc(C#N)c(NCc3ccc4c(c3)OCO4)c2c1.Cl. The number of nitriles is 1. The van der Waals surface area contributed by atoms with Crippen LogP contribution < -0.4 is 19.5 Å². The van der Waals surface area contributed by atoms with Crippen molar-refractivity contribution in [3.63, 3.8) is 0 Å². The molecule has 0 fully saturated rings. The van der Waals surface area contributed by atoms with Gasteiger partial charge in [0.2, 0.25) is 6.79 Å². The maximum Gasteiger partial charge on any atom is 0.231 e. The Morgan fingerprint density at radius 2 is 2.04 bits per heavy atom. The van der Waals surface area contributed by atoms with Crippen LogP contribution in [-0.2, 0) is 6.54 Å². The summed E-state index contributed by atoms with van der Waals surface area (Å²) in [6.07, 6.45) is 1.59. The minimum atomic E-state index is 0. The van der Waals surface area contributed by atoms with Crippen LogP contribution in [0, 0.1) is 11.3 Å². The lowest BCUT2D eigenvalue weighted by molar-refractivity contribution is 0.174. The van der Waals surface area contributed by atoms with Crippen molar-refractivity contribution in [2.75, 3.05) is 18.7 Å². The molecule has 3 aromatic rings. The fourth-order valence-electron chi connectivity index (χ4n) is 2.94. The van der Waals surface area contributed by atoms with E-state index in [1.165, 1.54) is 0 Å². The van der Waals surface area contributed by atoms with Crippen molar-refractivity contribution in [3.05, 3.63) is 53.7 Å². The molecule has 0 radical (unpaired) electrons. The second-order valence-electron chi connectivity index (χ2n) is 5.81. The molecule has 0 bridgehead atoms. The predicted octanol–water partition coefficient (Wildman–Crippen LogP) is 4.27. The van der Waals surface area contributed by atoms with Crippen LogP contribution in [-0.4, -0.2) is 18.4 Å². The highest BCUT2D eigenvalue weighted by atomic mass is 35.5. The van der Waals surface area contributed by atoms with Gasteiger partial charge in [-0.3, -0.25) is 4.98 Å². The maximum atomic E-state index is 9.48. The first-order chi connectivity index (χ1) is 12.8. The third-order valence-corrected chi connectivity index (χ3v) is 4.18. The average Bonchev–Trinajstić information content (AvgIpc) is 3.14. The van der Waals surface area contributed by atoms with E-state index in [9.17, 15) is 5.26 Å². The lowest BCUT2D eigenvalue weighted by atomic mass is 10.1. The second-order valence-corrected chi connectivity index (χ2v) is 5.81. The van der Waals surface area contributed by atoms with Gasteiger partial charge in [0, 0.05) is 18.1 Å². The van der Waals surface area contributed by atoms with E-state index in [1.54, 1.807) is 6.20 Å². The zero-order valence-electron chi connectivity index (χ0n) is 14.7. The zero-order valence-corrected chi connectivity index (χ0v) is 15.5. The molecule has 0 spiro atoms. The summed E-state index contributed by atoms with van der Waals surface area (Å²) in [6.45, 7) is 3.31. The summed E-state index contributed by atoms with van der Waals surface area (Å²) in [6, 6.07) is 13.7. The molecule has 0 saturated carbocycles. The molecule has 2 aromatic carbocycles. The Morgan fingerprint density at radius 3 is 2.85 bits per heavy atom. The van der Waals surface area contributed by atoms with E-state index >= 15 is 0 Å². The van der Waals surface area contributed by atoms with Gasteiger partial charge in [-0.1, -0.05) is 6.07 Å². The Balaban J connectivity index is 0.00000210. The molecule has 27 heavy (non-hydrogen) atoms. The molecular formula is C20H18ClN3O3. The van der Waals surface area contributed by atoms with Gasteiger partial charge in [0.25, 0.3) is 0 Å². The number of fused-ring (bicyclic) bond motifs is 2. The number of halogens is 1. The Hall–Kier alpha value is -3.17. The average molecular weight is 384 g/mol. The van der Waals surface area contributed by atoms with Crippen LogP contribution in [0.4, 0.5) is 5.69 Å². The first kappa shape index (κ1) is 18.6. The van der Waals surface area contributed by atoms with E-state index in [0.717, 1.165) is 39.4 Å². The summed E-state index contributed by atoms with van der Waals surface area (Å²) in [5.41, 5.74) is 3.08. The molecule has 2 heterocycles. The van der Waals surface area contributed by atoms with E-state index in [2.05, 4.69) is 16.4 Å². The molecule has 0 amide bonds. The van der Waals surface area contributed by atoms with Gasteiger partial charge < -0.3 is 19.5 Å². The number of anilines is 1. The van der Waals surface area contributed by atoms with Gasteiger partial charge in [-0.2, -0.15) is 5.26 Å². The number of rotatable bonds is 5.